The SMILES string of the molecule is Cc1cccc(C)c1NC(=O)C(C)n1c(-c2ccc(=O)[nH]c2)nc2ccccc21. The fourth-order valence-electron chi connectivity index (χ4n) is 3.55. The standard InChI is InChI=1S/C23H22N4O2/c1-14-7-6-8-15(2)21(14)26-23(29)16(3)27-19-10-5-4-9-18(19)25-22(27)17-11-12-20(28)24-13-17/h4-13,16H,1-3H3,(H,24,28)(H,26,29). The van der Waals surface area contributed by atoms with Gasteiger partial charge in [-0.15, -0.1) is 0 Å². The number of nitrogens with one attached hydrogen (secondary N) is 2. The molecule has 0 fully saturated rings. The Labute approximate surface area is 168 Å². The fraction of sp³-hybridized carbons (Fsp3) is 0.174. The molecule has 0 aliphatic heterocycles. The molecule has 6 nitrogen and oxygen atoms in total. The van der Waals surface area contributed by atoms with Gasteiger partial charge in [-0.05, 0) is 50.1 Å². The van der Waals surface area contributed by atoms with Crippen LogP contribution in [0.3, 0.4) is 0 Å². The summed E-state index contributed by atoms with van der Waals surface area (Å²) >= 11 is 0. The second kappa shape index (κ2) is 7.39. The lowest BCUT2D eigenvalue weighted by molar-refractivity contribution is -0.118. The molecular formula is C23H22N4O2. The molecule has 2 N–H and O–H groups in total. The lowest BCUT2D eigenvalue weighted by Crippen LogP contribution is -2.25. The van der Waals surface area contributed by atoms with Gasteiger partial charge in [-0.1, -0.05) is 30.3 Å². The zero-order valence-electron chi connectivity index (χ0n) is 16.6. The highest BCUT2D eigenvalue weighted by Crippen LogP contribution is 2.29. The predicted molar refractivity (Wildman–Crippen MR) is 115 cm³/mol. The van der Waals surface area contributed by atoms with Crippen LogP contribution in [0.5, 0.6) is 0 Å². The van der Waals surface area contributed by atoms with E-state index >= 15 is 0 Å². The summed E-state index contributed by atoms with van der Waals surface area (Å²) in [4.78, 5) is 32.1. The molecule has 29 heavy (non-hydrogen) atoms. The Bertz CT molecular complexity index is 1230. The van der Waals surface area contributed by atoms with E-state index in [9.17, 15) is 9.59 Å². The Morgan fingerprint density at radius 3 is 2.45 bits per heavy atom. The first-order chi connectivity index (χ1) is 14.0. The third-order valence-corrected chi connectivity index (χ3v) is 5.13. The second-order valence-electron chi connectivity index (χ2n) is 7.17. The number of imidazole rings is 1. The number of carbonyl (C=O) groups is 1. The van der Waals surface area contributed by atoms with Gasteiger partial charge in [0.05, 0.1) is 11.0 Å². The van der Waals surface area contributed by atoms with E-state index in [1.165, 1.54) is 6.07 Å². The normalized spacial score (nSPS) is 12.1. The third-order valence-electron chi connectivity index (χ3n) is 5.13. The summed E-state index contributed by atoms with van der Waals surface area (Å²) < 4.78 is 1.91. The summed E-state index contributed by atoms with van der Waals surface area (Å²) in [6.45, 7) is 5.81. The second-order valence-corrected chi connectivity index (χ2v) is 7.17. The van der Waals surface area contributed by atoms with Crippen LogP contribution in [0.2, 0.25) is 0 Å². The Morgan fingerprint density at radius 1 is 1.03 bits per heavy atom. The van der Waals surface area contributed by atoms with Crippen molar-refractivity contribution in [3.63, 3.8) is 0 Å². The number of anilines is 1. The maximum atomic E-state index is 13.2. The number of para-hydroxylation sites is 3. The van der Waals surface area contributed by atoms with Crippen LogP contribution in [0.1, 0.15) is 24.1 Å². The quantitative estimate of drug-likeness (QED) is 0.551. The minimum Gasteiger partial charge on any atom is -0.328 e. The van der Waals surface area contributed by atoms with E-state index in [1.54, 1.807) is 12.3 Å². The molecule has 2 heterocycles. The van der Waals surface area contributed by atoms with Gasteiger partial charge in [-0.2, -0.15) is 0 Å². The molecule has 4 rings (SSSR count). The number of aromatic amines is 1. The lowest BCUT2D eigenvalue weighted by atomic mass is 10.1. The molecule has 2 aromatic heterocycles. The first-order valence-corrected chi connectivity index (χ1v) is 9.49. The van der Waals surface area contributed by atoms with Crippen LogP contribution in [0.15, 0.2) is 65.6 Å². The monoisotopic (exact) mass is 386 g/mol. The molecule has 6 heteroatoms. The van der Waals surface area contributed by atoms with Crippen LogP contribution in [-0.2, 0) is 4.79 Å². The van der Waals surface area contributed by atoms with E-state index in [2.05, 4.69) is 10.3 Å². The van der Waals surface area contributed by atoms with E-state index in [0.717, 1.165) is 33.4 Å². The van der Waals surface area contributed by atoms with E-state index in [0.29, 0.717) is 5.82 Å². The summed E-state index contributed by atoms with van der Waals surface area (Å²) in [5.74, 6) is 0.503. The number of hydrogen-bond donors (Lipinski definition) is 2. The molecule has 0 saturated carbocycles. The molecule has 1 atom stereocenters. The first kappa shape index (κ1) is 18.7. The first-order valence-electron chi connectivity index (χ1n) is 9.49. The summed E-state index contributed by atoms with van der Waals surface area (Å²) in [5.41, 5.74) is 5.08. The van der Waals surface area contributed by atoms with Crippen LogP contribution in [0, 0.1) is 13.8 Å². The summed E-state index contributed by atoms with van der Waals surface area (Å²) in [6, 6.07) is 16.3. The topological polar surface area (TPSA) is 79.8 Å². The van der Waals surface area contributed by atoms with Crippen molar-refractivity contribution in [2.45, 2.75) is 26.8 Å². The predicted octanol–water partition coefficient (Wildman–Crippen LogP) is 4.21. The Kier molecular flexibility index (Phi) is 4.76. The Morgan fingerprint density at radius 2 is 1.76 bits per heavy atom. The molecule has 146 valence electrons. The average molecular weight is 386 g/mol. The van der Waals surface area contributed by atoms with Gasteiger partial charge in [-0.3, -0.25) is 9.59 Å². The number of amides is 1. The van der Waals surface area contributed by atoms with Gasteiger partial charge >= 0.3 is 0 Å². The molecule has 2 aromatic carbocycles. The molecular weight excluding hydrogens is 364 g/mol. The molecule has 0 radical (unpaired) electrons. The zero-order chi connectivity index (χ0) is 20.5. The van der Waals surface area contributed by atoms with Gasteiger partial charge in [0.1, 0.15) is 11.9 Å². The number of benzene rings is 2. The minimum atomic E-state index is -0.511. The number of aryl methyl sites for hydroxylation is 2. The molecule has 0 bridgehead atoms. The number of fused-ring (bicyclic) bond motifs is 1. The number of nitrogens with zero attached hydrogens (tertiary/aromatic N) is 2. The van der Waals surface area contributed by atoms with Crippen molar-refractivity contribution in [1.29, 1.82) is 0 Å². The van der Waals surface area contributed by atoms with Gasteiger partial charge in [-0.25, -0.2) is 4.98 Å². The molecule has 4 aromatic rings. The Balaban J connectivity index is 1.79. The van der Waals surface area contributed by atoms with Gasteiger partial charge in [0.15, 0.2) is 0 Å². The van der Waals surface area contributed by atoms with Crippen molar-refractivity contribution in [3.8, 4) is 11.4 Å². The van der Waals surface area contributed by atoms with Crippen molar-refractivity contribution in [2.24, 2.45) is 0 Å². The van der Waals surface area contributed by atoms with Gasteiger partial charge in [0, 0.05) is 23.5 Å². The summed E-state index contributed by atoms with van der Waals surface area (Å²) in [6.07, 6.45) is 1.62. The van der Waals surface area contributed by atoms with Crippen LogP contribution in [0.4, 0.5) is 5.69 Å². The van der Waals surface area contributed by atoms with E-state index < -0.39 is 6.04 Å². The van der Waals surface area contributed by atoms with Crippen molar-refractivity contribution in [2.75, 3.05) is 5.32 Å². The molecule has 0 aliphatic rings. The van der Waals surface area contributed by atoms with Gasteiger partial charge in [0.25, 0.3) is 0 Å². The van der Waals surface area contributed by atoms with Crippen molar-refractivity contribution < 1.29 is 4.79 Å². The van der Waals surface area contributed by atoms with Crippen LogP contribution >= 0.6 is 0 Å². The van der Waals surface area contributed by atoms with Crippen LogP contribution < -0.4 is 10.9 Å². The minimum absolute atomic E-state index is 0.128. The van der Waals surface area contributed by atoms with Gasteiger partial charge < -0.3 is 14.9 Å². The summed E-state index contributed by atoms with van der Waals surface area (Å²) in [5, 5.41) is 3.07. The maximum Gasteiger partial charge on any atom is 0.247 e. The number of rotatable bonds is 4. The molecule has 0 aliphatic carbocycles. The zero-order valence-corrected chi connectivity index (χ0v) is 16.6. The van der Waals surface area contributed by atoms with Crippen molar-refractivity contribution in [1.82, 2.24) is 14.5 Å². The third kappa shape index (κ3) is 3.45. The number of H-pyrrole nitrogens is 1. The number of hydrogen-bond acceptors (Lipinski definition) is 3. The number of pyridine rings is 1. The van der Waals surface area contributed by atoms with Crippen molar-refractivity contribution >= 4 is 22.6 Å². The van der Waals surface area contributed by atoms with E-state index in [4.69, 9.17) is 4.98 Å². The molecule has 1 unspecified atom stereocenters. The number of carbonyl (C=O) groups excluding carboxylic acids is 1. The highest BCUT2D eigenvalue weighted by atomic mass is 16.2. The molecule has 0 saturated heterocycles. The smallest absolute Gasteiger partial charge is 0.247 e. The molecule has 1 amide bonds. The van der Waals surface area contributed by atoms with Crippen LogP contribution in [0.25, 0.3) is 22.4 Å². The summed E-state index contributed by atoms with van der Waals surface area (Å²) in [7, 11) is 0. The van der Waals surface area contributed by atoms with Gasteiger partial charge in [0.2, 0.25) is 11.5 Å². The highest BCUT2D eigenvalue weighted by molar-refractivity contribution is 5.96. The highest BCUT2D eigenvalue weighted by Gasteiger charge is 2.23. The molecule has 0 spiro atoms. The Hall–Kier alpha value is -3.67. The lowest BCUT2D eigenvalue weighted by Gasteiger charge is -2.19. The van der Waals surface area contributed by atoms with E-state index in [1.807, 2.05) is 67.8 Å². The average Bonchev–Trinajstić information content (AvgIpc) is 3.10. The van der Waals surface area contributed by atoms with E-state index in [-0.39, 0.29) is 11.5 Å². The number of aromatic nitrogens is 3. The fourth-order valence-corrected chi connectivity index (χ4v) is 3.55. The largest absolute Gasteiger partial charge is 0.328 e. The maximum absolute atomic E-state index is 13.2. The van der Waals surface area contributed by atoms with Crippen molar-refractivity contribution in [3.05, 3.63) is 82.3 Å². The van der Waals surface area contributed by atoms with Crippen LogP contribution in [-0.4, -0.2) is 20.4 Å².